The van der Waals surface area contributed by atoms with Gasteiger partial charge in [0.2, 0.25) is 0 Å². The van der Waals surface area contributed by atoms with E-state index in [9.17, 15) is 9.59 Å². The number of thiazole rings is 1. The molecule has 1 fully saturated rings. The number of carbonyl (C=O) groups excluding carboxylic acids is 1. The number of likely N-dealkylation sites (tertiary alicyclic amines) is 1. The first-order valence-electron chi connectivity index (χ1n) is 8.06. The summed E-state index contributed by atoms with van der Waals surface area (Å²) in [5.41, 5.74) is 2.14. The largest absolute Gasteiger partial charge is 0.338 e. The molecule has 0 aliphatic carbocycles. The number of carbonyl (C=O) groups is 1. The number of amides is 1. The van der Waals surface area contributed by atoms with E-state index >= 15 is 0 Å². The minimum absolute atomic E-state index is 0.0170. The molecule has 0 unspecified atom stereocenters. The smallest absolute Gasteiger partial charge is 0.307 e. The maximum absolute atomic E-state index is 12.6. The molecule has 1 saturated heterocycles. The Labute approximate surface area is 140 Å². The highest BCUT2D eigenvalue weighted by molar-refractivity contribution is 7.11. The van der Waals surface area contributed by atoms with E-state index < -0.39 is 0 Å². The van der Waals surface area contributed by atoms with Gasteiger partial charge in [-0.05, 0) is 37.7 Å². The minimum atomic E-state index is -0.0650. The van der Waals surface area contributed by atoms with Gasteiger partial charge in [0, 0.05) is 25.8 Å². The van der Waals surface area contributed by atoms with Crippen LogP contribution in [0.4, 0.5) is 0 Å². The normalized spacial score (nSPS) is 15.8. The number of aromatic nitrogens is 1. The molecule has 1 amide bonds. The zero-order valence-corrected chi connectivity index (χ0v) is 14.4. The van der Waals surface area contributed by atoms with Crippen LogP contribution >= 0.6 is 11.3 Å². The van der Waals surface area contributed by atoms with Gasteiger partial charge in [-0.2, -0.15) is 0 Å². The first kappa shape index (κ1) is 16.0. The summed E-state index contributed by atoms with van der Waals surface area (Å²) in [4.78, 5) is 26.8. The Morgan fingerprint density at radius 2 is 1.87 bits per heavy atom. The molecule has 1 aliphatic rings. The molecular formula is C18H22N2O2S. The molecule has 5 heteroatoms. The van der Waals surface area contributed by atoms with Crippen molar-refractivity contribution in [1.82, 2.24) is 9.47 Å². The number of hydrogen-bond donors (Lipinski definition) is 0. The molecule has 0 saturated carbocycles. The van der Waals surface area contributed by atoms with E-state index in [1.54, 1.807) is 11.6 Å². The third-order valence-electron chi connectivity index (χ3n) is 4.76. The summed E-state index contributed by atoms with van der Waals surface area (Å²) in [6, 6.07) is 10.5. The van der Waals surface area contributed by atoms with Crippen molar-refractivity contribution in [3.63, 3.8) is 0 Å². The van der Waals surface area contributed by atoms with Gasteiger partial charge in [-0.1, -0.05) is 41.7 Å². The van der Waals surface area contributed by atoms with Gasteiger partial charge in [-0.3, -0.25) is 9.59 Å². The molecule has 23 heavy (non-hydrogen) atoms. The molecule has 1 aromatic heterocycles. The summed E-state index contributed by atoms with van der Waals surface area (Å²) in [7, 11) is 1.72. The average molecular weight is 330 g/mol. The molecule has 0 bridgehead atoms. The number of hydrogen-bond acceptors (Lipinski definition) is 3. The first-order chi connectivity index (χ1) is 11.1. The summed E-state index contributed by atoms with van der Waals surface area (Å²) in [6.07, 6.45) is 3.14. The van der Waals surface area contributed by atoms with Crippen molar-refractivity contribution in [2.45, 2.75) is 26.2 Å². The van der Waals surface area contributed by atoms with Crippen LogP contribution < -0.4 is 4.87 Å². The number of rotatable bonds is 3. The fourth-order valence-corrected chi connectivity index (χ4v) is 4.10. The van der Waals surface area contributed by atoms with Crippen LogP contribution in [-0.4, -0.2) is 28.5 Å². The maximum Gasteiger partial charge on any atom is 0.307 e. The Balaban J connectivity index is 1.61. The molecule has 3 rings (SSSR count). The van der Waals surface area contributed by atoms with E-state index in [2.05, 4.69) is 24.3 Å². The summed E-state index contributed by atoms with van der Waals surface area (Å²) in [5, 5.41) is 0. The Morgan fingerprint density at radius 3 is 2.43 bits per heavy atom. The van der Waals surface area contributed by atoms with Crippen molar-refractivity contribution in [1.29, 1.82) is 0 Å². The molecule has 1 aliphatic heterocycles. The van der Waals surface area contributed by atoms with Crippen LogP contribution in [-0.2, 0) is 13.5 Å². The van der Waals surface area contributed by atoms with Crippen LogP contribution in [0.5, 0.6) is 0 Å². The van der Waals surface area contributed by atoms with Gasteiger partial charge < -0.3 is 9.47 Å². The Morgan fingerprint density at radius 1 is 1.22 bits per heavy atom. The Hall–Kier alpha value is -1.88. The van der Waals surface area contributed by atoms with Crippen LogP contribution in [0, 0.1) is 12.8 Å². The highest BCUT2D eigenvalue weighted by atomic mass is 32.1. The minimum Gasteiger partial charge on any atom is -0.338 e. The van der Waals surface area contributed by atoms with E-state index in [0.29, 0.717) is 10.8 Å². The lowest BCUT2D eigenvalue weighted by atomic mass is 9.90. The lowest BCUT2D eigenvalue weighted by Crippen LogP contribution is -2.38. The molecule has 0 spiro atoms. The van der Waals surface area contributed by atoms with Gasteiger partial charge in [-0.15, -0.1) is 0 Å². The van der Waals surface area contributed by atoms with E-state index in [1.807, 2.05) is 17.9 Å². The van der Waals surface area contributed by atoms with Gasteiger partial charge >= 0.3 is 4.87 Å². The average Bonchev–Trinajstić information content (AvgIpc) is 2.83. The second-order valence-electron chi connectivity index (χ2n) is 6.27. The van der Waals surface area contributed by atoms with Crippen LogP contribution in [0.3, 0.4) is 0 Å². The molecule has 0 N–H and O–H groups in total. The predicted octanol–water partition coefficient (Wildman–Crippen LogP) is 2.85. The monoisotopic (exact) mass is 330 g/mol. The molecular weight excluding hydrogens is 308 g/mol. The molecule has 0 atom stereocenters. The van der Waals surface area contributed by atoms with E-state index in [1.165, 1.54) is 5.56 Å². The van der Waals surface area contributed by atoms with Gasteiger partial charge in [0.05, 0.1) is 0 Å². The van der Waals surface area contributed by atoms with E-state index in [-0.39, 0.29) is 10.8 Å². The molecule has 0 radical (unpaired) electrons. The van der Waals surface area contributed by atoms with Crippen LogP contribution in [0.25, 0.3) is 0 Å². The van der Waals surface area contributed by atoms with Gasteiger partial charge in [0.15, 0.2) is 0 Å². The van der Waals surface area contributed by atoms with E-state index in [4.69, 9.17) is 0 Å². The molecule has 2 aromatic rings. The standard InChI is InChI=1S/C18H22N2O2S/c1-13-16(23-18(22)19(13)2)17(21)20-10-8-15(9-11-20)12-14-6-4-3-5-7-14/h3-7,15H,8-12H2,1-2H3. The third kappa shape index (κ3) is 3.39. The van der Waals surface area contributed by atoms with Crippen LogP contribution in [0.1, 0.15) is 33.8 Å². The van der Waals surface area contributed by atoms with Crippen molar-refractivity contribution in [2.75, 3.05) is 13.1 Å². The van der Waals surface area contributed by atoms with Gasteiger partial charge in [0.25, 0.3) is 5.91 Å². The number of benzene rings is 1. The fourth-order valence-electron chi connectivity index (χ4n) is 3.15. The molecule has 122 valence electrons. The van der Waals surface area contributed by atoms with Crippen LogP contribution in [0.15, 0.2) is 35.1 Å². The highest BCUT2D eigenvalue weighted by Gasteiger charge is 2.26. The predicted molar refractivity (Wildman–Crippen MR) is 93.1 cm³/mol. The first-order valence-corrected chi connectivity index (χ1v) is 8.87. The van der Waals surface area contributed by atoms with Crippen molar-refractivity contribution in [3.05, 3.63) is 56.1 Å². The van der Waals surface area contributed by atoms with Crippen molar-refractivity contribution in [3.8, 4) is 0 Å². The van der Waals surface area contributed by atoms with Gasteiger partial charge in [-0.25, -0.2) is 0 Å². The Bertz CT molecular complexity index is 740. The SMILES string of the molecule is Cc1c(C(=O)N2CCC(Cc3ccccc3)CC2)sc(=O)n1C. The van der Waals surface area contributed by atoms with Gasteiger partial charge in [0.1, 0.15) is 4.88 Å². The number of piperidine rings is 1. The molecule has 2 heterocycles. The highest BCUT2D eigenvalue weighted by Crippen LogP contribution is 2.24. The fraction of sp³-hybridized carbons (Fsp3) is 0.444. The summed E-state index contributed by atoms with van der Waals surface area (Å²) < 4.78 is 1.56. The summed E-state index contributed by atoms with van der Waals surface area (Å²) in [5.74, 6) is 0.653. The maximum atomic E-state index is 12.6. The zero-order chi connectivity index (χ0) is 16.4. The second kappa shape index (κ2) is 6.71. The van der Waals surface area contributed by atoms with Crippen molar-refractivity contribution < 1.29 is 4.79 Å². The summed E-state index contributed by atoms with van der Waals surface area (Å²) >= 11 is 1.06. The Kier molecular flexibility index (Phi) is 4.66. The van der Waals surface area contributed by atoms with E-state index in [0.717, 1.165) is 49.4 Å². The quantitative estimate of drug-likeness (QED) is 0.868. The lowest BCUT2D eigenvalue weighted by molar-refractivity contribution is 0.0694. The lowest BCUT2D eigenvalue weighted by Gasteiger charge is -2.32. The summed E-state index contributed by atoms with van der Waals surface area (Å²) in [6.45, 7) is 3.41. The van der Waals surface area contributed by atoms with Crippen molar-refractivity contribution in [2.24, 2.45) is 13.0 Å². The number of nitrogens with zero attached hydrogens (tertiary/aromatic N) is 2. The third-order valence-corrected chi connectivity index (χ3v) is 5.88. The second-order valence-corrected chi connectivity index (χ2v) is 7.23. The van der Waals surface area contributed by atoms with Crippen LogP contribution in [0.2, 0.25) is 0 Å². The topological polar surface area (TPSA) is 42.3 Å². The molecule has 4 nitrogen and oxygen atoms in total. The zero-order valence-electron chi connectivity index (χ0n) is 13.6. The molecule has 1 aromatic carbocycles. The van der Waals surface area contributed by atoms with Crippen molar-refractivity contribution >= 4 is 17.2 Å².